The highest BCUT2D eigenvalue weighted by atomic mass is 32.2. The van der Waals surface area contributed by atoms with E-state index in [-0.39, 0.29) is 11.3 Å². The van der Waals surface area contributed by atoms with Crippen LogP contribution in [0.1, 0.15) is 10.4 Å². The molecule has 1 aromatic rings. The fourth-order valence-corrected chi connectivity index (χ4v) is 3.58. The minimum Gasteiger partial charge on any atom is -0.480 e. The van der Waals surface area contributed by atoms with E-state index in [1.165, 1.54) is 6.07 Å². The lowest BCUT2D eigenvalue weighted by atomic mass is 10.2. The van der Waals surface area contributed by atoms with Crippen LogP contribution in [0.4, 0.5) is 5.69 Å². The molecule has 1 fully saturated rings. The number of nitrogens with zero attached hydrogens (tertiary/aromatic N) is 1. The van der Waals surface area contributed by atoms with Gasteiger partial charge in [-0.3, -0.25) is 14.9 Å². The van der Waals surface area contributed by atoms with Crippen molar-refractivity contribution in [3.63, 3.8) is 0 Å². The van der Waals surface area contributed by atoms with Crippen molar-refractivity contribution >= 4 is 21.8 Å². The monoisotopic (exact) mass is 301 g/mol. The van der Waals surface area contributed by atoms with Crippen LogP contribution in [0.2, 0.25) is 0 Å². The summed E-state index contributed by atoms with van der Waals surface area (Å²) in [5, 5.41) is 20.5. The maximum absolute atomic E-state index is 11.4. The molecule has 0 saturated carbocycles. The van der Waals surface area contributed by atoms with Gasteiger partial charge < -0.3 is 9.84 Å². The van der Waals surface area contributed by atoms with Gasteiger partial charge in [0, 0.05) is 11.6 Å². The number of nitro groups is 1. The summed E-state index contributed by atoms with van der Waals surface area (Å²) in [4.78, 5) is 20.8. The third-order valence-corrected chi connectivity index (χ3v) is 4.55. The molecule has 1 aromatic carbocycles. The fourth-order valence-electron chi connectivity index (χ4n) is 1.92. The number of hydrogen-bond acceptors (Lipinski definition) is 7. The molecule has 0 spiro atoms. The van der Waals surface area contributed by atoms with Crippen LogP contribution < -0.4 is 4.74 Å². The zero-order valence-corrected chi connectivity index (χ0v) is 10.9. The third kappa shape index (κ3) is 2.94. The number of hydrogen-bond donors (Lipinski definition) is 1. The van der Waals surface area contributed by atoms with Gasteiger partial charge in [0.2, 0.25) is 0 Å². The van der Waals surface area contributed by atoms with Gasteiger partial charge in [-0.05, 0) is 12.1 Å². The molecule has 0 aromatic heterocycles. The zero-order valence-electron chi connectivity index (χ0n) is 10.1. The van der Waals surface area contributed by atoms with Crippen LogP contribution in [0.5, 0.6) is 5.75 Å². The first-order chi connectivity index (χ1) is 9.32. The molecule has 9 heteroatoms. The summed E-state index contributed by atoms with van der Waals surface area (Å²) in [5.41, 5.74) is -0.243. The number of aliphatic hydroxyl groups excluding tert-OH is 1. The summed E-state index contributed by atoms with van der Waals surface area (Å²) in [7, 11) is -3.43. The predicted molar refractivity (Wildman–Crippen MR) is 67.6 cm³/mol. The van der Waals surface area contributed by atoms with E-state index in [1.54, 1.807) is 0 Å². The van der Waals surface area contributed by atoms with Crippen molar-refractivity contribution in [2.24, 2.45) is 0 Å². The lowest BCUT2D eigenvalue weighted by molar-refractivity contribution is -0.386. The molecule has 1 heterocycles. The Morgan fingerprint density at radius 2 is 2.10 bits per heavy atom. The van der Waals surface area contributed by atoms with Crippen molar-refractivity contribution < 1.29 is 28.0 Å². The van der Waals surface area contributed by atoms with E-state index in [2.05, 4.69) is 0 Å². The summed E-state index contributed by atoms with van der Waals surface area (Å²) in [6, 6.07) is 3.48. The lowest BCUT2D eigenvalue weighted by Crippen LogP contribution is -2.30. The Morgan fingerprint density at radius 1 is 1.40 bits per heavy atom. The van der Waals surface area contributed by atoms with Gasteiger partial charge in [0.05, 0.1) is 16.4 Å². The second-order valence-electron chi connectivity index (χ2n) is 4.40. The zero-order chi connectivity index (χ0) is 14.9. The third-order valence-electron chi connectivity index (χ3n) is 2.87. The van der Waals surface area contributed by atoms with E-state index in [9.17, 15) is 28.4 Å². The number of benzene rings is 1. The number of carbonyl (C=O) groups excluding carboxylic acids is 1. The van der Waals surface area contributed by atoms with Crippen LogP contribution in [0, 0.1) is 10.1 Å². The molecule has 2 atom stereocenters. The van der Waals surface area contributed by atoms with Crippen molar-refractivity contribution in [3.8, 4) is 5.75 Å². The quantitative estimate of drug-likeness (QED) is 0.469. The number of nitro benzene ring substituents is 1. The van der Waals surface area contributed by atoms with E-state index in [0.29, 0.717) is 6.29 Å². The van der Waals surface area contributed by atoms with Crippen molar-refractivity contribution in [2.75, 3.05) is 11.5 Å². The average Bonchev–Trinajstić information content (AvgIpc) is 2.61. The summed E-state index contributed by atoms with van der Waals surface area (Å²) in [6.45, 7) is 0. The number of sulfone groups is 1. The summed E-state index contributed by atoms with van der Waals surface area (Å²) in [5.74, 6) is -1.10. The predicted octanol–water partition coefficient (Wildman–Crippen LogP) is -0.0560. The van der Waals surface area contributed by atoms with E-state index < -0.39 is 44.2 Å². The first kappa shape index (κ1) is 14.4. The molecule has 0 bridgehead atoms. The highest BCUT2D eigenvalue weighted by Gasteiger charge is 2.39. The Labute approximate surface area is 114 Å². The van der Waals surface area contributed by atoms with Gasteiger partial charge in [0.15, 0.2) is 15.6 Å². The maximum atomic E-state index is 11.4. The number of rotatable bonds is 4. The second kappa shape index (κ2) is 5.17. The Kier molecular flexibility index (Phi) is 3.73. The van der Waals surface area contributed by atoms with E-state index in [0.717, 1.165) is 12.1 Å². The van der Waals surface area contributed by atoms with Crippen LogP contribution in [0.3, 0.4) is 0 Å². The number of carbonyl (C=O) groups is 1. The molecule has 1 aliphatic rings. The molecule has 1 saturated heterocycles. The second-order valence-corrected chi connectivity index (χ2v) is 6.56. The largest absolute Gasteiger partial charge is 0.480 e. The van der Waals surface area contributed by atoms with E-state index >= 15 is 0 Å². The van der Waals surface area contributed by atoms with E-state index in [1.807, 2.05) is 0 Å². The molecule has 8 nitrogen and oxygen atoms in total. The van der Waals surface area contributed by atoms with Gasteiger partial charge in [-0.2, -0.15) is 0 Å². The minimum absolute atomic E-state index is 0.154. The molecular formula is C11H11NO7S. The van der Waals surface area contributed by atoms with Gasteiger partial charge in [-0.1, -0.05) is 0 Å². The molecule has 0 aliphatic carbocycles. The van der Waals surface area contributed by atoms with Gasteiger partial charge in [-0.15, -0.1) is 0 Å². The first-order valence-corrected chi connectivity index (χ1v) is 7.43. The van der Waals surface area contributed by atoms with Crippen LogP contribution in [-0.4, -0.2) is 48.4 Å². The van der Waals surface area contributed by atoms with E-state index in [4.69, 9.17) is 4.74 Å². The minimum atomic E-state index is -3.43. The number of aliphatic hydroxyl groups is 1. The van der Waals surface area contributed by atoms with Crippen molar-refractivity contribution in [2.45, 2.75) is 12.2 Å². The van der Waals surface area contributed by atoms with Crippen molar-refractivity contribution in [1.29, 1.82) is 0 Å². The SMILES string of the molecule is O=Cc1ccc([N+](=O)[O-])c(OC2CS(=O)(=O)CC2O)c1. The summed E-state index contributed by atoms with van der Waals surface area (Å²) < 4.78 is 27.9. The van der Waals surface area contributed by atoms with Crippen molar-refractivity contribution in [1.82, 2.24) is 0 Å². The van der Waals surface area contributed by atoms with Gasteiger partial charge >= 0.3 is 5.69 Å². The maximum Gasteiger partial charge on any atom is 0.310 e. The lowest BCUT2D eigenvalue weighted by Gasteiger charge is -2.15. The molecule has 2 rings (SSSR count). The molecular weight excluding hydrogens is 290 g/mol. The molecule has 0 radical (unpaired) electrons. The normalized spacial score (nSPS) is 24.2. The number of ether oxygens (including phenoxy) is 1. The average molecular weight is 301 g/mol. The topological polar surface area (TPSA) is 124 Å². The number of aldehydes is 1. The Balaban J connectivity index is 2.32. The fraction of sp³-hybridized carbons (Fsp3) is 0.364. The Morgan fingerprint density at radius 3 is 2.60 bits per heavy atom. The Hall–Kier alpha value is -2.00. The molecule has 0 amide bonds. The molecule has 108 valence electrons. The van der Waals surface area contributed by atoms with Crippen LogP contribution in [-0.2, 0) is 9.84 Å². The molecule has 1 N–H and O–H groups in total. The van der Waals surface area contributed by atoms with Crippen LogP contribution in [0.25, 0.3) is 0 Å². The summed E-state index contributed by atoms with van der Waals surface area (Å²) in [6.07, 6.45) is -1.85. The standard InChI is InChI=1S/C11H11NO7S/c13-4-7-1-2-8(12(15)16)10(3-7)19-11-6-20(17,18)5-9(11)14/h1-4,9,11,14H,5-6H2. The first-order valence-electron chi connectivity index (χ1n) is 5.61. The summed E-state index contributed by atoms with van der Waals surface area (Å²) >= 11 is 0. The van der Waals surface area contributed by atoms with Gasteiger partial charge in [0.1, 0.15) is 18.5 Å². The van der Waals surface area contributed by atoms with Gasteiger partial charge in [-0.25, -0.2) is 8.42 Å². The van der Waals surface area contributed by atoms with Crippen LogP contribution in [0.15, 0.2) is 18.2 Å². The molecule has 2 unspecified atom stereocenters. The van der Waals surface area contributed by atoms with Crippen LogP contribution >= 0.6 is 0 Å². The molecule has 20 heavy (non-hydrogen) atoms. The van der Waals surface area contributed by atoms with Gasteiger partial charge in [0.25, 0.3) is 0 Å². The smallest absolute Gasteiger partial charge is 0.310 e. The van der Waals surface area contributed by atoms with Crippen molar-refractivity contribution in [3.05, 3.63) is 33.9 Å². The Bertz CT molecular complexity index is 655. The highest BCUT2D eigenvalue weighted by Crippen LogP contribution is 2.30. The highest BCUT2D eigenvalue weighted by molar-refractivity contribution is 7.91. The molecule has 1 aliphatic heterocycles.